The molecule has 0 fully saturated rings. The first-order valence-electron chi connectivity index (χ1n) is 9.05. The SMILES string of the molecule is CS(=O)(=O)Nc1nc(C(=O)NC(Cc2ccncc2)C(O)C(O)CCCC#N)cs1. The Morgan fingerprint density at radius 1 is 1.33 bits per heavy atom. The molecule has 2 aromatic rings. The number of thiazole rings is 1. The Morgan fingerprint density at radius 2 is 2.03 bits per heavy atom. The first kappa shape index (κ1) is 23.7. The molecular weight excluding hydrogens is 430 g/mol. The van der Waals surface area contributed by atoms with Gasteiger partial charge in [0.05, 0.1) is 24.5 Å². The number of nitrogens with one attached hydrogen (secondary N) is 2. The van der Waals surface area contributed by atoms with Gasteiger partial charge < -0.3 is 15.5 Å². The van der Waals surface area contributed by atoms with Gasteiger partial charge in [-0.2, -0.15) is 5.26 Å². The Morgan fingerprint density at radius 3 is 2.67 bits per heavy atom. The summed E-state index contributed by atoms with van der Waals surface area (Å²) >= 11 is 0.951. The molecule has 1 amide bonds. The van der Waals surface area contributed by atoms with Gasteiger partial charge in [0.1, 0.15) is 11.8 Å². The average molecular weight is 454 g/mol. The van der Waals surface area contributed by atoms with E-state index in [1.807, 2.05) is 6.07 Å². The summed E-state index contributed by atoms with van der Waals surface area (Å²) in [6.45, 7) is 0. The van der Waals surface area contributed by atoms with Gasteiger partial charge >= 0.3 is 0 Å². The van der Waals surface area contributed by atoms with E-state index in [1.165, 1.54) is 5.38 Å². The van der Waals surface area contributed by atoms with Gasteiger partial charge in [-0.25, -0.2) is 13.4 Å². The fraction of sp³-hybridized carbons (Fsp3) is 0.444. The highest BCUT2D eigenvalue weighted by Gasteiger charge is 2.29. The molecule has 4 N–H and O–H groups in total. The lowest BCUT2D eigenvalue weighted by Gasteiger charge is -2.27. The number of pyridine rings is 1. The van der Waals surface area contributed by atoms with E-state index >= 15 is 0 Å². The van der Waals surface area contributed by atoms with Gasteiger partial charge in [-0.1, -0.05) is 0 Å². The first-order chi connectivity index (χ1) is 14.2. The van der Waals surface area contributed by atoms with E-state index in [0.29, 0.717) is 6.42 Å². The summed E-state index contributed by atoms with van der Waals surface area (Å²) in [5.74, 6) is -0.616. The highest BCUT2D eigenvalue weighted by atomic mass is 32.2. The number of carbonyl (C=O) groups excluding carboxylic acids is 1. The number of rotatable bonds is 11. The zero-order valence-corrected chi connectivity index (χ0v) is 17.9. The summed E-state index contributed by atoms with van der Waals surface area (Å²) in [6.07, 6.45) is 2.80. The number of aromatic nitrogens is 2. The monoisotopic (exact) mass is 453 g/mol. The quantitative estimate of drug-likeness (QED) is 0.360. The number of aliphatic hydroxyl groups is 2. The van der Waals surface area contributed by atoms with Crippen molar-refractivity contribution in [2.75, 3.05) is 11.0 Å². The van der Waals surface area contributed by atoms with Crippen molar-refractivity contribution in [1.82, 2.24) is 15.3 Å². The molecule has 0 aliphatic heterocycles. The van der Waals surface area contributed by atoms with Crippen molar-refractivity contribution in [3.05, 3.63) is 41.2 Å². The van der Waals surface area contributed by atoms with E-state index in [-0.39, 0.29) is 30.1 Å². The molecule has 0 radical (unpaired) electrons. The van der Waals surface area contributed by atoms with Crippen molar-refractivity contribution in [3.63, 3.8) is 0 Å². The van der Waals surface area contributed by atoms with Crippen molar-refractivity contribution in [1.29, 1.82) is 5.26 Å². The van der Waals surface area contributed by atoms with Gasteiger partial charge in [0.25, 0.3) is 5.91 Å². The number of hydrogen-bond acceptors (Lipinski definition) is 9. The predicted octanol–water partition coefficient (Wildman–Crippen LogP) is 0.666. The number of nitrogens with zero attached hydrogens (tertiary/aromatic N) is 3. The van der Waals surface area contributed by atoms with Crippen LogP contribution >= 0.6 is 11.3 Å². The third-order valence-electron chi connectivity index (χ3n) is 4.13. The molecule has 12 heteroatoms. The van der Waals surface area contributed by atoms with Crippen LogP contribution in [0.5, 0.6) is 0 Å². The fourth-order valence-corrected chi connectivity index (χ4v) is 4.23. The Balaban J connectivity index is 2.13. The minimum atomic E-state index is -3.52. The number of aliphatic hydroxyl groups excluding tert-OH is 2. The summed E-state index contributed by atoms with van der Waals surface area (Å²) < 4.78 is 24.8. The van der Waals surface area contributed by atoms with Crippen LogP contribution in [-0.2, 0) is 16.4 Å². The summed E-state index contributed by atoms with van der Waals surface area (Å²) in [5, 5.41) is 33.6. The second kappa shape index (κ2) is 11.0. The molecular formula is C18H23N5O5S2. The lowest BCUT2D eigenvalue weighted by atomic mass is 9.95. The number of nitriles is 1. The van der Waals surface area contributed by atoms with E-state index in [0.717, 1.165) is 23.2 Å². The molecule has 10 nitrogen and oxygen atoms in total. The predicted molar refractivity (Wildman–Crippen MR) is 111 cm³/mol. The van der Waals surface area contributed by atoms with E-state index in [4.69, 9.17) is 5.26 Å². The zero-order valence-electron chi connectivity index (χ0n) is 16.2. The normalized spacial score (nSPS) is 14.3. The standard InChI is InChI=1S/C18H23N5O5S2/c1-30(27,28)23-18-22-14(11-29-18)17(26)21-13(10-12-5-8-20-9-6-12)16(25)15(24)4-2-3-7-19/h5-6,8-9,11,13,15-16,24-25H,2-4,10H2,1H3,(H,21,26)(H,22,23). The van der Waals surface area contributed by atoms with E-state index < -0.39 is 34.2 Å². The van der Waals surface area contributed by atoms with Crippen LogP contribution in [0.25, 0.3) is 0 Å². The molecule has 0 aliphatic rings. The van der Waals surface area contributed by atoms with Crippen LogP contribution in [0.3, 0.4) is 0 Å². The highest BCUT2D eigenvalue weighted by Crippen LogP contribution is 2.18. The molecule has 0 bridgehead atoms. The molecule has 0 aliphatic carbocycles. The van der Waals surface area contributed by atoms with Gasteiger partial charge in [0.15, 0.2) is 5.13 Å². The summed E-state index contributed by atoms with van der Waals surface area (Å²) in [6, 6.07) is 4.59. The molecule has 3 atom stereocenters. The number of unbranched alkanes of at least 4 members (excludes halogenated alkanes) is 1. The minimum absolute atomic E-state index is 0.0166. The third-order valence-corrected chi connectivity index (χ3v) is 5.58. The van der Waals surface area contributed by atoms with Crippen molar-refractivity contribution in [2.45, 2.75) is 43.9 Å². The van der Waals surface area contributed by atoms with E-state index in [1.54, 1.807) is 24.5 Å². The van der Waals surface area contributed by atoms with Crippen LogP contribution in [-0.4, -0.2) is 59.0 Å². The van der Waals surface area contributed by atoms with Gasteiger partial charge in [0.2, 0.25) is 10.0 Å². The van der Waals surface area contributed by atoms with Gasteiger partial charge in [0, 0.05) is 24.2 Å². The molecule has 0 spiro atoms. The maximum atomic E-state index is 12.6. The van der Waals surface area contributed by atoms with Gasteiger partial charge in [-0.05, 0) is 37.0 Å². The van der Waals surface area contributed by atoms with Crippen LogP contribution in [0.15, 0.2) is 29.9 Å². The lowest BCUT2D eigenvalue weighted by Crippen LogP contribution is -2.49. The van der Waals surface area contributed by atoms with Crippen LogP contribution < -0.4 is 10.0 Å². The average Bonchev–Trinajstić information content (AvgIpc) is 3.14. The minimum Gasteiger partial charge on any atom is -0.390 e. The van der Waals surface area contributed by atoms with Crippen LogP contribution in [0.1, 0.15) is 35.3 Å². The third kappa shape index (κ3) is 7.68. The van der Waals surface area contributed by atoms with Crippen LogP contribution in [0.2, 0.25) is 0 Å². The number of sulfonamides is 1. The molecule has 0 aromatic carbocycles. The molecule has 0 saturated heterocycles. The Kier molecular flexibility index (Phi) is 8.67. The van der Waals surface area contributed by atoms with E-state index in [2.05, 4.69) is 20.0 Å². The highest BCUT2D eigenvalue weighted by molar-refractivity contribution is 7.92. The first-order valence-corrected chi connectivity index (χ1v) is 11.8. The van der Waals surface area contributed by atoms with Crippen LogP contribution in [0.4, 0.5) is 5.13 Å². The summed E-state index contributed by atoms with van der Waals surface area (Å²) in [4.78, 5) is 20.5. The van der Waals surface area contributed by atoms with Crippen molar-refractivity contribution < 1.29 is 23.4 Å². The number of anilines is 1. The fourth-order valence-electron chi connectivity index (χ4n) is 2.68. The summed E-state index contributed by atoms with van der Waals surface area (Å²) in [7, 11) is -3.52. The topological polar surface area (TPSA) is 165 Å². The summed E-state index contributed by atoms with van der Waals surface area (Å²) in [5.41, 5.74) is 0.772. The Labute approximate surface area is 178 Å². The molecule has 3 unspecified atom stereocenters. The van der Waals surface area contributed by atoms with Gasteiger partial charge in [-0.3, -0.25) is 14.5 Å². The molecule has 2 rings (SSSR count). The number of carbonyl (C=O) groups is 1. The second-order valence-corrected chi connectivity index (χ2v) is 9.27. The van der Waals surface area contributed by atoms with Crippen molar-refractivity contribution in [3.8, 4) is 6.07 Å². The van der Waals surface area contributed by atoms with Crippen molar-refractivity contribution >= 4 is 32.4 Å². The largest absolute Gasteiger partial charge is 0.390 e. The molecule has 0 saturated carbocycles. The smallest absolute Gasteiger partial charge is 0.271 e. The van der Waals surface area contributed by atoms with Gasteiger partial charge in [-0.15, -0.1) is 11.3 Å². The Bertz CT molecular complexity index is 974. The zero-order chi connectivity index (χ0) is 22.1. The lowest BCUT2D eigenvalue weighted by molar-refractivity contribution is -0.00791. The van der Waals surface area contributed by atoms with Crippen LogP contribution in [0, 0.1) is 11.3 Å². The molecule has 162 valence electrons. The number of amides is 1. The maximum Gasteiger partial charge on any atom is 0.271 e. The molecule has 2 heterocycles. The molecule has 30 heavy (non-hydrogen) atoms. The Hall–Kier alpha value is -2.59. The van der Waals surface area contributed by atoms with Crippen molar-refractivity contribution in [2.24, 2.45) is 0 Å². The second-order valence-electron chi connectivity index (χ2n) is 6.66. The molecule has 2 aromatic heterocycles. The van der Waals surface area contributed by atoms with E-state index in [9.17, 15) is 23.4 Å². The number of hydrogen-bond donors (Lipinski definition) is 4. The maximum absolute atomic E-state index is 12.6.